The number of aryl methyl sites for hydroxylation is 1. The van der Waals surface area contributed by atoms with Crippen LogP contribution in [0.2, 0.25) is 25.7 Å². The summed E-state index contributed by atoms with van der Waals surface area (Å²) in [5, 5.41) is 0. The molecular formula is C28H51NO11SSi. The standard InChI is InChI=1S/C28H51NO11SSi/c1-26-6-8-27(9-7-26)41(31,32)40-23-22-38-21-20-37-19-18-36-17-16-35-15-14-34-13-12-33-11-10-29(2)28(30)39-24-25-42(3,4)5/h6-9H,10-25H2,1-5H3. The Kier molecular flexibility index (Phi) is 20.9. The summed E-state index contributed by atoms with van der Waals surface area (Å²) >= 11 is 0. The first-order valence-corrected chi connectivity index (χ1v) is 19.4. The van der Waals surface area contributed by atoms with Crippen molar-refractivity contribution in [2.45, 2.75) is 37.5 Å². The molecule has 0 radical (unpaired) electrons. The molecule has 0 aliphatic carbocycles. The maximum atomic E-state index is 12.1. The summed E-state index contributed by atoms with van der Waals surface area (Å²) in [7, 11) is -3.28. The lowest BCUT2D eigenvalue weighted by molar-refractivity contribution is -0.0182. The molecule has 14 heteroatoms. The molecule has 1 aromatic rings. The summed E-state index contributed by atoms with van der Waals surface area (Å²) in [5.74, 6) is 0. The monoisotopic (exact) mass is 637 g/mol. The maximum absolute atomic E-state index is 12.1. The van der Waals surface area contributed by atoms with Crippen LogP contribution >= 0.6 is 0 Å². The molecule has 0 heterocycles. The van der Waals surface area contributed by atoms with E-state index in [1.807, 2.05) is 6.92 Å². The molecule has 0 aromatic heterocycles. The number of benzene rings is 1. The largest absolute Gasteiger partial charge is 0.450 e. The first-order chi connectivity index (χ1) is 20.0. The Labute approximate surface area is 253 Å². The van der Waals surface area contributed by atoms with Crippen LogP contribution in [0.3, 0.4) is 0 Å². The van der Waals surface area contributed by atoms with Crippen LogP contribution < -0.4 is 0 Å². The van der Waals surface area contributed by atoms with E-state index in [4.69, 9.17) is 37.3 Å². The number of carbonyl (C=O) groups excluding carboxylic acids is 1. The van der Waals surface area contributed by atoms with E-state index < -0.39 is 18.2 Å². The molecule has 0 atom stereocenters. The van der Waals surface area contributed by atoms with Crippen molar-refractivity contribution in [1.82, 2.24) is 4.90 Å². The summed E-state index contributed by atoms with van der Waals surface area (Å²) in [4.78, 5) is 13.6. The molecule has 0 saturated carbocycles. The van der Waals surface area contributed by atoms with Gasteiger partial charge in [0.1, 0.15) is 0 Å². The van der Waals surface area contributed by atoms with Gasteiger partial charge in [0.05, 0.1) is 97.4 Å². The maximum Gasteiger partial charge on any atom is 0.409 e. The van der Waals surface area contributed by atoms with Gasteiger partial charge in [-0.15, -0.1) is 0 Å². The van der Waals surface area contributed by atoms with Crippen molar-refractivity contribution in [3.05, 3.63) is 29.8 Å². The van der Waals surface area contributed by atoms with E-state index >= 15 is 0 Å². The minimum Gasteiger partial charge on any atom is -0.450 e. The second-order valence-corrected chi connectivity index (χ2v) is 17.8. The molecule has 0 spiro atoms. The molecule has 0 bridgehead atoms. The van der Waals surface area contributed by atoms with Crippen molar-refractivity contribution in [3.8, 4) is 0 Å². The zero-order chi connectivity index (χ0) is 31.1. The quantitative estimate of drug-likeness (QED) is 0.0844. The fraction of sp³-hybridized carbons (Fsp3) is 0.750. The van der Waals surface area contributed by atoms with Gasteiger partial charge in [-0.25, -0.2) is 4.79 Å². The van der Waals surface area contributed by atoms with Crippen molar-refractivity contribution >= 4 is 24.3 Å². The summed E-state index contributed by atoms with van der Waals surface area (Å²) in [6.07, 6.45) is -0.318. The first-order valence-electron chi connectivity index (χ1n) is 14.3. The highest BCUT2D eigenvalue weighted by Crippen LogP contribution is 2.13. The normalized spacial score (nSPS) is 12.0. The molecule has 42 heavy (non-hydrogen) atoms. The highest BCUT2D eigenvalue weighted by Gasteiger charge is 2.16. The Bertz CT molecular complexity index is 927. The number of carbonyl (C=O) groups is 1. The average Bonchev–Trinajstić information content (AvgIpc) is 2.93. The summed E-state index contributed by atoms with van der Waals surface area (Å²) < 4.78 is 66.9. The van der Waals surface area contributed by atoms with Gasteiger partial charge in [-0.2, -0.15) is 8.42 Å². The first kappa shape index (κ1) is 38.4. The molecule has 0 unspecified atom stereocenters. The number of likely N-dealkylation sites (N-methyl/N-ethyl adjacent to an activating group) is 1. The number of ether oxygens (including phenoxy) is 7. The Balaban J connectivity index is 1.79. The summed E-state index contributed by atoms with van der Waals surface area (Å²) in [6.45, 7) is 14.3. The average molecular weight is 638 g/mol. The summed E-state index contributed by atoms with van der Waals surface area (Å²) in [6, 6.07) is 7.43. The lowest BCUT2D eigenvalue weighted by Crippen LogP contribution is -2.32. The minimum atomic E-state index is -3.77. The molecule has 1 amide bonds. The third-order valence-electron chi connectivity index (χ3n) is 5.60. The van der Waals surface area contributed by atoms with Crippen LogP contribution in [0, 0.1) is 6.92 Å². The van der Waals surface area contributed by atoms with E-state index in [0.29, 0.717) is 85.8 Å². The fourth-order valence-corrected chi connectivity index (χ4v) is 4.63. The SMILES string of the molecule is Cc1ccc(S(=O)(=O)OCCOCCOCCOCCOCCOCCOCCN(C)C(=O)OCC[Si](C)(C)C)cc1. The van der Waals surface area contributed by atoms with Gasteiger partial charge in [-0.3, -0.25) is 4.18 Å². The van der Waals surface area contributed by atoms with Gasteiger partial charge in [-0.05, 0) is 25.1 Å². The van der Waals surface area contributed by atoms with Crippen molar-refractivity contribution in [3.63, 3.8) is 0 Å². The van der Waals surface area contributed by atoms with E-state index in [1.54, 1.807) is 19.2 Å². The van der Waals surface area contributed by atoms with Gasteiger partial charge in [0, 0.05) is 21.7 Å². The van der Waals surface area contributed by atoms with Crippen LogP contribution in [-0.4, -0.2) is 134 Å². The van der Waals surface area contributed by atoms with E-state index in [1.165, 1.54) is 17.0 Å². The Morgan fingerprint density at radius 2 is 1.07 bits per heavy atom. The number of hydrogen-bond donors (Lipinski definition) is 0. The Morgan fingerprint density at radius 1 is 0.667 bits per heavy atom. The van der Waals surface area contributed by atoms with Crippen LogP contribution in [0.5, 0.6) is 0 Å². The zero-order valence-electron chi connectivity index (χ0n) is 26.0. The highest BCUT2D eigenvalue weighted by molar-refractivity contribution is 7.86. The van der Waals surface area contributed by atoms with E-state index in [-0.39, 0.29) is 24.2 Å². The molecule has 12 nitrogen and oxygen atoms in total. The molecule has 1 aromatic carbocycles. The molecule has 0 aliphatic rings. The number of nitrogens with zero attached hydrogens (tertiary/aromatic N) is 1. The molecule has 0 fully saturated rings. The van der Waals surface area contributed by atoms with Gasteiger partial charge < -0.3 is 38.1 Å². The Morgan fingerprint density at radius 3 is 1.50 bits per heavy atom. The van der Waals surface area contributed by atoms with Crippen molar-refractivity contribution in [2.75, 3.05) is 106 Å². The topological polar surface area (TPSA) is 128 Å². The number of hydrogen-bond acceptors (Lipinski definition) is 11. The lowest BCUT2D eigenvalue weighted by Gasteiger charge is -2.19. The van der Waals surface area contributed by atoms with Gasteiger partial charge >= 0.3 is 6.09 Å². The van der Waals surface area contributed by atoms with Gasteiger partial charge in [0.25, 0.3) is 10.1 Å². The van der Waals surface area contributed by atoms with Crippen LogP contribution in [0.1, 0.15) is 5.56 Å². The van der Waals surface area contributed by atoms with E-state index in [2.05, 4.69) is 19.6 Å². The molecular weight excluding hydrogens is 586 g/mol. The van der Waals surface area contributed by atoms with Crippen molar-refractivity contribution in [1.29, 1.82) is 0 Å². The fourth-order valence-electron chi connectivity index (χ4n) is 3.02. The molecule has 244 valence electrons. The molecule has 0 N–H and O–H groups in total. The lowest BCUT2D eigenvalue weighted by atomic mass is 10.2. The minimum absolute atomic E-state index is 0.0611. The molecule has 1 rings (SSSR count). The van der Waals surface area contributed by atoms with Crippen LogP contribution in [0.25, 0.3) is 0 Å². The van der Waals surface area contributed by atoms with Gasteiger partial charge in [0.2, 0.25) is 0 Å². The molecule has 0 saturated heterocycles. The van der Waals surface area contributed by atoms with E-state index in [0.717, 1.165) is 11.6 Å². The number of amides is 1. The predicted octanol–water partition coefficient (Wildman–Crippen LogP) is 3.21. The smallest absolute Gasteiger partial charge is 0.409 e. The second kappa shape index (κ2) is 22.9. The molecule has 0 aliphatic heterocycles. The predicted molar refractivity (Wildman–Crippen MR) is 161 cm³/mol. The van der Waals surface area contributed by atoms with Crippen molar-refractivity contribution < 1.29 is 50.6 Å². The van der Waals surface area contributed by atoms with Gasteiger partial charge in [-0.1, -0.05) is 37.3 Å². The summed E-state index contributed by atoms with van der Waals surface area (Å²) in [5.41, 5.74) is 0.974. The second-order valence-electron chi connectivity index (χ2n) is 10.6. The van der Waals surface area contributed by atoms with Crippen LogP contribution in [0.4, 0.5) is 4.79 Å². The Hall–Kier alpha value is -1.62. The number of rotatable bonds is 26. The van der Waals surface area contributed by atoms with Crippen LogP contribution in [0.15, 0.2) is 29.2 Å². The van der Waals surface area contributed by atoms with Crippen LogP contribution in [-0.2, 0) is 47.5 Å². The highest BCUT2D eigenvalue weighted by atomic mass is 32.2. The van der Waals surface area contributed by atoms with Crippen molar-refractivity contribution in [2.24, 2.45) is 0 Å². The third-order valence-corrected chi connectivity index (χ3v) is 8.63. The van der Waals surface area contributed by atoms with Gasteiger partial charge in [0.15, 0.2) is 0 Å². The van der Waals surface area contributed by atoms with E-state index in [9.17, 15) is 13.2 Å². The third kappa shape index (κ3) is 21.1. The zero-order valence-corrected chi connectivity index (χ0v) is 27.8.